The van der Waals surface area contributed by atoms with Crippen LogP contribution in [0.25, 0.3) is 11.0 Å². The standard InChI is InChI=1S/C15H16FNO3/c16-13-4-1-10(15-12(13)6-8-20-15)9-17(11-2-3-11)7-5-14(18)19/h1,4,6,8,11H,2-3,5,7,9H2,(H,18,19). The van der Waals surface area contributed by atoms with Crippen LogP contribution in [0.2, 0.25) is 0 Å². The lowest BCUT2D eigenvalue weighted by Gasteiger charge is -2.21. The van der Waals surface area contributed by atoms with Crippen LogP contribution in [0.4, 0.5) is 4.39 Å². The van der Waals surface area contributed by atoms with Crippen LogP contribution < -0.4 is 0 Å². The molecule has 0 bridgehead atoms. The molecule has 1 aromatic carbocycles. The van der Waals surface area contributed by atoms with Gasteiger partial charge >= 0.3 is 5.97 Å². The summed E-state index contributed by atoms with van der Waals surface area (Å²) in [5.41, 5.74) is 1.47. The first-order chi connectivity index (χ1) is 9.65. The normalized spacial score (nSPS) is 15.1. The second-order valence-electron chi connectivity index (χ2n) is 5.22. The summed E-state index contributed by atoms with van der Waals surface area (Å²) in [6, 6.07) is 5.23. The van der Waals surface area contributed by atoms with Crippen LogP contribution in [-0.4, -0.2) is 28.6 Å². The molecule has 0 spiro atoms. The van der Waals surface area contributed by atoms with Gasteiger partial charge in [-0.2, -0.15) is 0 Å². The molecule has 0 aliphatic heterocycles. The number of rotatable bonds is 6. The molecule has 0 atom stereocenters. The number of halogens is 1. The van der Waals surface area contributed by atoms with E-state index in [9.17, 15) is 9.18 Å². The van der Waals surface area contributed by atoms with E-state index in [2.05, 4.69) is 4.90 Å². The SMILES string of the molecule is O=C(O)CCN(Cc1ccc(F)c2ccoc12)C1CC1. The Morgan fingerprint density at radius 2 is 2.20 bits per heavy atom. The number of fused-ring (bicyclic) bond motifs is 1. The van der Waals surface area contributed by atoms with Gasteiger partial charge in [0.1, 0.15) is 11.4 Å². The van der Waals surface area contributed by atoms with Gasteiger partial charge in [0.15, 0.2) is 0 Å². The van der Waals surface area contributed by atoms with Crippen molar-refractivity contribution in [1.29, 1.82) is 0 Å². The van der Waals surface area contributed by atoms with Gasteiger partial charge in [0, 0.05) is 24.7 Å². The molecule has 0 amide bonds. The molecule has 1 saturated carbocycles. The number of hydrogen-bond donors (Lipinski definition) is 1. The van der Waals surface area contributed by atoms with Crippen molar-refractivity contribution in [3.8, 4) is 0 Å². The van der Waals surface area contributed by atoms with Crippen molar-refractivity contribution in [2.75, 3.05) is 6.54 Å². The van der Waals surface area contributed by atoms with Crippen molar-refractivity contribution in [3.63, 3.8) is 0 Å². The summed E-state index contributed by atoms with van der Waals surface area (Å²) < 4.78 is 19.0. The minimum atomic E-state index is -0.794. The average molecular weight is 277 g/mol. The predicted octanol–water partition coefficient (Wildman–Crippen LogP) is 3.01. The molecular formula is C15H16FNO3. The van der Waals surface area contributed by atoms with Gasteiger partial charge < -0.3 is 9.52 Å². The molecular weight excluding hydrogens is 261 g/mol. The van der Waals surface area contributed by atoms with Crippen molar-refractivity contribution < 1.29 is 18.7 Å². The highest BCUT2D eigenvalue weighted by molar-refractivity contribution is 5.81. The average Bonchev–Trinajstić information content (AvgIpc) is 3.13. The van der Waals surface area contributed by atoms with E-state index in [1.807, 2.05) is 0 Å². The van der Waals surface area contributed by atoms with Gasteiger partial charge in [0.25, 0.3) is 0 Å². The summed E-state index contributed by atoms with van der Waals surface area (Å²) in [6.07, 6.45) is 3.80. The number of furan rings is 1. The third-order valence-corrected chi connectivity index (χ3v) is 3.69. The molecule has 106 valence electrons. The maximum Gasteiger partial charge on any atom is 0.304 e. The fourth-order valence-electron chi connectivity index (χ4n) is 2.50. The van der Waals surface area contributed by atoms with Crippen LogP contribution in [0.3, 0.4) is 0 Å². The Hall–Kier alpha value is -1.88. The first-order valence-electron chi connectivity index (χ1n) is 6.75. The summed E-state index contributed by atoms with van der Waals surface area (Å²) >= 11 is 0. The maximum atomic E-state index is 13.6. The lowest BCUT2D eigenvalue weighted by molar-refractivity contribution is -0.137. The summed E-state index contributed by atoms with van der Waals surface area (Å²) in [6.45, 7) is 1.11. The fraction of sp³-hybridized carbons (Fsp3) is 0.400. The number of carbonyl (C=O) groups is 1. The molecule has 1 N–H and O–H groups in total. The molecule has 5 heteroatoms. The highest BCUT2D eigenvalue weighted by Crippen LogP contribution is 2.31. The zero-order valence-corrected chi connectivity index (χ0v) is 11.0. The van der Waals surface area contributed by atoms with E-state index in [0.29, 0.717) is 30.1 Å². The first kappa shape index (κ1) is 13.1. The second-order valence-corrected chi connectivity index (χ2v) is 5.22. The second kappa shape index (κ2) is 5.25. The Morgan fingerprint density at radius 3 is 2.90 bits per heavy atom. The molecule has 1 heterocycles. The van der Waals surface area contributed by atoms with Gasteiger partial charge in [-0.15, -0.1) is 0 Å². The summed E-state index contributed by atoms with van der Waals surface area (Å²) in [5.74, 6) is -1.08. The third kappa shape index (κ3) is 2.67. The number of hydrogen-bond acceptors (Lipinski definition) is 3. The number of carboxylic acid groups (broad SMARTS) is 1. The van der Waals surface area contributed by atoms with Gasteiger partial charge in [-0.25, -0.2) is 4.39 Å². The van der Waals surface area contributed by atoms with Gasteiger partial charge in [0.2, 0.25) is 0 Å². The zero-order valence-electron chi connectivity index (χ0n) is 11.0. The van der Waals surface area contributed by atoms with Gasteiger partial charge in [-0.3, -0.25) is 9.69 Å². The van der Waals surface area contributed by atoms with Gasteiger partial charge in [-0.05, 0) is 25.0 Å². The number of aliphatic carboxylic acids is 1. The van der Waals surface area contributed by atoms with E-state index in [0.717, 1.165) is 18.4 Å². The number of carboxylic acids is 1. The van der Waals surface area contributed by atoms with Crippen LogP contribution in [0.15, 0.2) is 28.9 Å². The zero-order chi connectivity index (χ0) is 14.1. The molecule has 0 unspecified atom stereocenters. The maximum absolute atomic E-state index is 13.6. The molecule has 1 aliphatic carbocycles. The van der Waals surface area contributed by atoms with E-state index in [4.69, 9.17) is 9.52 Å². The van der Waals surface area contributed by atoms with E-state index in [1.54, 1.807) is 12.1 Å². The Morgan fingerprint density at radius 1 is 1.40 bits per heavy atom. The molecule has 0 radical (unpaired) electrons. The van der Waals surface area contributed by atoms with Crippen LogP contribution >= 0.6 is 0 Å². The Balaban J connectivity index is 1.81. The van der Waals surface area contributed by atoms with Crippen molar-refractivity contribution in [2.24, 2.45) is 0 Å². The van der Waals surface area contributed by atoms with Crippen molar-refractivity contribution >= 4 is 16.9 Å². The van der Waals surface area contributed by atoms with Crippen molar-refractivity contribution in [3.05, 3.63) is 35.8 Å². The van der Waals surface area contributed by atoms with Crippen LogP contribution in [-0.2, 0) is 11.3 Å². The Kier molecular flexibility index (Phi) is 3.44. The molecule has 1 fully saturated rings. The lowest BCUT2D eigenvalue weighted by atomic mass is 10.1. The molecule has 20 heavy (non-hydrogen) atoms. The minimum Gasteiger partial charge on any atom is -0.481 e. The quantitative estimate of drug-likeness (QED) is 0.881. The summed E-state index contributed by atoms with van der Waals surface area (Å²) in [4.78, 5) is 12.9. The molecule has 2 aromatic rings. The number of nitrogens with zero attached hydrogens (tertiary/aromatic N) is 1. The molecule has 1 aliphatic rings. The van der Waals surface area contributed by atoms with Crippen LogP contribution in [0, 0.1) is 5.82 Å². The lowest BCUT2D eigenvalue weighted by Crippen LogP contribution is -2.28. The van der Waals surface area contributed by atoms with Crippen LogP contribution in [0.1, 0.15) is 24.8 Å². The molecule has 3 rings (SSSR count). The Labute approximate surface area is 115 Å². The van der Waals surface area contributed by atoms with Gasteiger partial charge in [-0.1, -0.05) is 6.07 Å². The topological polar surface area (TPSA) is 53.7 Å². The van der Waals surface area contributed by atoms with Crippen LogP contribution in [0.5, 0.6) is 0 Å². The van der Waals surface area contributed by atoms with Crippen molar-refractivity contribution in [2.45, 2.75) is 31.8 Å². The summed E-state index contributed by atoms with van der Waals surface area (Å²) in [7, 11) is 0. The van der Waals surface area contributed by atoms with E-state index in [-0.39, 0.29) is 12.2 Å². The molecule has 4 nitrogen and oxygen atoms in total. The molecule has 1 aromatic heterocycles. The summed E-state index contributed by atoms with van der Waals surface area (Å²) in [5, 5.41) is 9.29. The van der Waals surface area contributed by atoms with E-state index >= 15 is 0 Å². The third-order valence-electron chi connectivity index (χ3n) is 3.69. The smallest absolute Gasteiger partial charge is 0.304 e. The van der Waals surface area contributed by atoms with E-state index < -0.39 is 5.97 Å². The Bertz CT molecular complexity index is 633. The number of benzene rings is 1. The monoisotopic (exact) mass is 277 g/mol. The highest BCUT2D eigenvalue weighted by Gasteiger charge is 2.29. The molecule has 0 saturated heterocycles. The first-order valence-corrected chi connectivity index (χ1v) is 6.75. The van der Waals surface area contributed by atoms with Crippen molar-refractivity contribution in [1.82, 2.24) is 4.90 Å². The fourth-order valence-corrected chi connectivity index (χ4v) is 2.50. The van der Waals surface area contributed by atoms with E-state index in [1.165, 1.54) is 12.3 Å². The highest BCUT2D eigenvalue weighted by atomic mass is 19.1. The predicted molar refractivity (Wildman–Crippen MR) is 71.9 cm³/mol. The van der Waals surface area contributed by atoms with Gasteiger partial charge in [0.05, 0.1) is 18.1 Å². The minimum absolute atomic E-state index is 0.124. The largest absolute Gasteiger partial charge is 0.481 e.